The van der Waals surface area contributed by atoms with E-state index in [1.165, 1.54) is 6.42 Å². The Balaban J connectivity index is 1.95. The topological polar surface area (TPSA) is 66.8 Å². The molecule has 2 aromatic heterocycles. The first kappa shape index (κ1) is 12.9. The van der Waals surface area contributed by atoms with Gasteiger partial charge >= 0.3 is 0 Å². The van der Waals surface area contributed by atoms with Crippen molar-refractivity contribution in [3.8, 4) is 0 Å². The van der Waals surface area contributed by atoms with E-state index in [1.54, 1.807) is 11.3 Å². The van der Waals surface area contributed by atoms with Crippen molar-refractivity contribution in [1.29, 1.82) is 0 Å². The van der Waals surface area contributed by atoms with E-state index in [9.17, 15) is 5.11 Å². The number of anilines is 1. The summed E-state index contributed by atoms with van der Waals surface area (Å²) in [4.78, 5) is 7.75. The molecular weight excluding hydrogens is 260 g/mol. The van der Waals surface area contributed by atoms with Crippen LogP contribution in [0.1, 0.15) is 31.4 Å². The van der Waals surface area contributed by atoms with Gasteiger partial charge in [-0.1, -0.05) is 12.8 Å². The lowest BCUT2D eigenvalue weighted by Gasteiger charge is -2.35. The van der Waals surface area contributed by atoms with Crippen LogP contribution in [0.4, 0.5) is 5.82 Å². The van der Waals surface area contributed by atoms with Crippen LogP contribution in [0, 0.1) is 0 Å². The van der Waals surface area contributed by atoms with Crippen LogP contribution in [0.5, 0.6) is 0 Å². The molecule has 1 aliphatic carbocycles. The van der Waals surface area contributed by atoms with Crippen LogP contribution in [0.2, 0.25) is 0 Å². The third kappa shape index (κ3) is 2.13. The number of hydrogen-bond acceptors (Lipinski definition) is 5. The highest BCUT2D eigenvalue weighted by Crippen LogP contribution is 2.29. The van der Waals surface area contributed by atoms with Crippen LogP contribution < -0.4 is 10.6 Å². The molecule has 0 spiro atoms. The lowest BCUT2D eigenvalue weighted by molar-refractivity contribution is 0.106. The number of fused-ring (bicyclic) bond motifs is 1. The van der Waals surface area contributed by atoms with Gasteiger partial charge in [-0.05, 0) is 12.8 Å². The van der Waals surface area contributed by atoms with Gasteiger partial charge in [0.2, 0.25) is 0 Å². The number of nitrogens with two attached hydrogens (primary N) is 1. The van der Waals surface area contributed by atoms with Crippen LogP contribution in [0.15, 0.2) is 11.6 Å². The molecule has 0 aliphatic heterocycles. The van der Waals surface area contributed by atoms with E-state index in [2.05, 4.69) is 9.88 Å². The van der Waals surface area contributed by atoms with Gasteiger partial charge in [0.05, 0.1) is 17.8 Å². The summed E-state index contributed by atoms with van der Waals surface area (Å²) >= 11 is 1.61. The first-order chi connectivity index (χ1) is 9.22. The molecule has 1 saturated carbocycles. The summed E-state index contributed by atoms with van der Waals surface area (Å²) in [5, 5.41) is 12.2. The minimum Gasteiger partial charge on any atom is -0.391 e. The second-order valence-electron chi connectivity index (χ2n) is 5.17. The second kappa shape index (κ2) is 5.11. The van der Waals surface area contributed by atoms with Crippen LogP contribution >= 0.6 is 11.3 Å². The molecule has 2 heterocycles. The molecule has 1 fully saturated rings. The highest BCUT2D eigenvalue weighted by atomic mass is 32.1. The van der Waals surface area contributed by atoms with E-state index in [4.69, 9.17) is 5.73 Å². The molecule has 3 rings (SSSR count). The van der Waals surface area contributed by atoms with Crippen molar-refractivity contribution in [1.82, 2.24) is 9.38 Å². The van der Waals surface area contributed by atoms with E-state index in [0.29, 0.717) is 6.54 Å². The zero-order valence-electron chi connectivity index (χ0n) is 11.1. The number of aliphatic hydroxyl groups excluding tert-OH is 1. The first-order valence-corrected chi connectivity index (χ1v) is 7.65. The summed E-state index contributed by atoms with van der Waals surface area (Å²) in [5.74, 6) is 0.917. The highest BCUT2D eigenvalue weighted by Gasteiger charge is 2.29. The van der Waals surface area contributed by atoms with Crippen LogP contribution in [0.3, 0.4) is 0 Å². The standard InChI is InChI=1S/C13H20N4OS/c1-16(9-4-2-3-5-11(9)18)12-10(8-14)17-6-7-19-13(17)15-12/h6-7,9,11,18H,2-5,8,14H2,1H3. The number of thiazole rings is 1. The number of aromatic nitrogens is 2. The van der Waals surface area contributed by atoms with Crippen molar-refractivity contribution in [2.75, 3.05) is 11.9 Å². The smallest absolute Gasteiger partial charge is 0.195 e. The monoisotopic (exact) mass is 280 g/mol. The molecule has 3 N–H and O–H groups in total. The van der Waals surface area contributed by atoms with Crippen molar-refractivity contribution in [2.45, 2.75) is 44.4 Å². The van der Waals surface area contributed by atoms with E-state index >= 15 is 0 Å². The number of nitrogens with zero attached hydrogens (tertiary/aromatic N) is 3. The predicted molar refractivity (Wildman–Crippen MR) is 77.6 cm³/mol. The normalized spacial score (nSPS) is 23.9. The lowest BCUT2D eigenvalue weighted by atomic mass is 9.91. The summed E-state index contributed by atoms with van der Waals surface area (Å²) < 4.78 is 2.05. The Labute approximate surface area is 116 Å². The lowest BCUT2D eigenvalue weighted by Crippen LogP contribution is -2.44. The minimum atomic E-state index is -0.260. The number of aliphatic hydroxyl groups is 1. The van der Waals surface area contributed by atoms with Gasteiger partial charge in [-0.2, -0.15) is 0 Å². The summed E-state index contributed by atoms with van der Waals surface area (Å²) in [6.07, 6.45) is 5.94. The van der Waals surface area contributed by atoms with Gasteiger partial charge in [-0.15, -0.1) is 11.3 Å². The molecule has 0 amide bonds. The molecule has 0 bridgehead atoms. The predicted octanol–water partition coefficient (Wildman–Crippen LogP) is 1.59. The van der Waals surface area contributed by atoms with Gasteiger partial charge < -0.3 is 15.7 Å². The van der Waals surface area contributed by atoms with E-state index in [-0.39, 0.29) is 12.1 Å². The molecule has 2 atom stereocenters. The quantitative estimate of drug-likeness (QED) is 0.896. The molecule has 104 valence electrons. The maximum Gasteiger partial charge on any atom is 0.195 e. The van der Waals surface area contributed by atoms with Crippen LogP contribution in [-0.2, 0) is 6.54 Å². The summed E-state index contributed by atoms with van der Waals surface area (Å²) in [7, 11) is 2.02. The SMILES string of the molecule is CN(c1nc2sccn2c1CN)C1CCCCC1O. The average Bonchev–Trinajstić information content (AvgIpc) is 2.98. The second-order valence-corrected chi connectivity index (χ2v) is 6.04. The molecular formula is C13H20N4OS. The maximum atomic E-state index is 10.2. The summed E-state index contributed by atoms with van der Waals surface area (Å²) in [6.45, 7) is 0.459. The Morgan fingerprint density at radius 3 is 3.05 bits per heavy atom. The zero-order valence-corrected chi connectivity index (χ0v) is 11.9. The molecule has 0 aromatic carbocycles. The van der Waals surface area contributed by atoms with Crippen LogP contribution in [-0.4, -0.2) is 33.7 Å². The number of likely N-dealkylation sites (N-methyl/N-ethyl adjacent to an activating group) is 1. The molecule has 2 unspecified atom stereocenters. The van der Waals surface area contributed by atoms with Gasteiger partial charge in [0.15, 0.2) is 10.8 Å². The van der Waals surface area contributed by atoms with E-state index < -0.39 is 0 Å². The van der Waals surface area contributed by atoms with E-state index in [0.717, 1.165) is 35.7 Å². The van der Waals surface area contributed by atoms with Crippen LogP contribution in [0.25, 0.3) is 4.96 Å². The molecule has 0 saturated heterocycles. The molecule has 19 heavy (non-hydrogen) atoms. The first-order valence-electron chi connectivity index (χ1n) is 6.77. The largest absolute Gasteiger partial charge is 0.391 e. The van der Waals surface area contributed by atoms with Crippen molar-refractivity contribution >= 4 is 22.1 Å². The fraction of sp³-hybridized carbons (Fsp3) is 0.615. The maximum absolute atomic E-state index is 10.2. The van der Waals surface area contributed by atoms with E-state index in [1.807, 2.05) is 23.0 Å². The van der Waals surface area contributed by atoms with Gasteiger partial charge in [-0.25, -0.2) is 4.98 Å². The van der Waals surface area contributed by atoms with Crippen molar-refractivity contribution in [3.05, 3.63) is 17.3 Å². The third-order valence-corrected chi connectivity index (χ3v) is 4.82. The Morgan fingerprint density at radius 1 is 1.53 bits per heavy atom. The number of rotatable bonds is 3. The Hall–Kier alpha value is -1.11. The number of imidazole rings is 1. The summed E-state index contributed by atoms with van der Waals surface area (Å²) in [6, 6.07) is 0.156. The molecule has 6 heteroatoms. The summed E-state index contributed by atoms with van der Waals surface area (Å²) in [5.41, 5.74) is 6.90. The average molecular weight is 280 g/mol. The molecule has 5 nitrogen and oxygen atoms in total. The Kier molecular flexibility index (Phi) is 3.47. The van der Waals surface area contributed by atoms with Crippen molar-refractivity contribution in [3.63, 3.8) is 0 Å². The molecule has 0 radical (unpaired) electrons. The highest BCUT2D eigenvalue weighted by molar-refractivity contribution is 7.15. The Morgan fingerprint density at radius 2 is 2.32 bits per heavy atom. The Bertz CT molecular complexity index is 564. The fourth-order valence-corrected chi connectivity index (χ4v) is 3.72. The minimum absolute atomic E-state index is 0.156. The third-order valence-electron chi connectivity index (χ3n) is 4.06. The van der Waals surface area contributed by atoms with Gasteiger partial charge in [-0.3, -0.25) is 4.40 Å². The van der Waals surface area contributed by atoms with Gasteiger partial charge in [0, 0.05) is 25.2 Å². The number of hydrogen-bond donors (Lipinski definition) is 2. The molecule has 1 aliphatic rings. The molecule has 2 aromatic rings. The fourth-order valence-electron chi connectivity index (χ4n) is 2.99. The zero-order chi connectivity index (χ0) is 13.4. The van der Waals surface area contributed by atoms with Crippen molar-refractivity contribution in [2.24, 2.45) is 5.73 Å². The van der Waals surface area contributed by atoms with Crippen molar-refractivity contribution < 1.29 is 5.11 Å². The van der Waals surface area contributed by atoms with Gasteiger partial charge in [0.1, 0.15) is 0 Å². The van der Waals surface area contributed by atoms with Gasteiger partial charge in [0.25, 0.3) is 0 Å².